The molecule has 0 saturated heterocycles. The molecule has 0 fully saturated rings. The van der Waals surface area contributed by atoms with Crippen LogP contribution in [0.2, 0.25) is 0 Å². The lowest BCUT2D eigenvalue weighted by Crippen LogP contribution is -2.24. The predicted molar refractivity (Wildman–Crippen MR) is 59.6 cm³/mol. The van der Waals surface area contributed by atoms with Crippen LogP contribution in [-0.2, 0) is 9.59 Å². The van der Waals surface area contributed by atoms with E-state index in [4.69, 9.17) is 0 Å². The summed E-state index contributed by atoms with van der Waals surface area (Å²) in [4.78, 5) is 23.1. The Hall–Kier alpha value is -1.22. The van der Waals surface area contributed by atoms with Crippen LogP contribution in [-0.4, -0.2) is 25.2 Å². The van der Waals surface area contributed by atoms with Crippen LogP contribution in [0.4, 0.5) is 0 Å². The minimum absolute atomic E-state index is 0.343. The van der Waals surface area contributed by atoms with E-state index in [2.05, 4.69) is 5.32 Å². The first-order chi connectivity index (χ1) is 7.00. The van der Waals surface area contributed by atoms with Crippen LogP contribution < -0.4 is 5.32 Å². The zero-order valence-electron chi connectivity index (χ0n) is 9.73. The number of rotatable bonds is 3. The first-order valence-electron chi connectivity index (χ1n) is 5.12. The molecule has 0 saturated carbocycles. The summed E-state index contributed by atoms with van der Waals surface area (Å²) in [7, 11) is 1.87. The van der Waals surface area contributed by atoms with Crippen LogP contribution in [0.15, 0.2) is 22.3 Å². The predicted octanol–water partition coefficient (Wildman–Crippen LogP) is 1.40. The van der Waals surface area contributed by atoms with Gasteiger partial charge in [0.05, 0.1) is 0 Å². The SMILES string of the molecule is CNCCC1=C(C)C(=O)C(=O)C(C)=C1C. The van der Waals surface area contributed by atoms with E-state index in [1.165, 1.54) is 0 Å². The summed E-state index contributed by atoms with van der Waals surface area (Å²) in [5.74, 6) is -0.692. The monoisotopic (exact) mass is 207 g/mol. The molecule has 0 aliphatic heterocycles. The number of carbonyl (C=O) groups is 2. The van der Waals surface area contributed by atoms with Crippen molar-refractivity contribution in [3.63, 3.8) is 0 Å². The van der Waals surface area contributed by atoms with E-state index in [1.807, 2.05) is 14.0 Å². The molecule has 0 aromatic rings. The molecule has 1 rings (SSSR count). The fraction of sp³-hybridized carbons (Fsp3) is 0.500. The molecule has 1 N–H and O–H groups in total. The molecular weight excluding hydrogens is 190 g/mol. The van der Waals surface area contributed by atoms with E-state index in [0.717, 1.165) is 24.1 Å². The van der Waals surface area contributed by atoms with Crippen molar-refractivity contribution in [2.45, 2.75) is 27.2 Å². The van der Waals surface area contributed by atoms with Crippen LogP contribution >= 0.6 is 0 Å². The molecule has 0 spiro atoms. The summed E-state index contributed by atoms with van der Waals surface area (Å²) in [6.45, 7) is 6.19. The Labute approximate surface area is 90.2 Å². The number of hydrogen-bond acceptors (Lipinski definition) is 3. The number of allylic oxidation sites excluding steroid dienone is 3. The van der Waals surface area contributed by atoms with Gasteiger partial charge < -0.3 is 5.32 Å². The third-order valence-electron chi connectivity index (χ3n) is 2.98. The van der Waals surface area contributed by atoms with Gasteiger partial charge in [0, 0.05) is 11.1 Å². The van der Waals surface area contributed by atoms with Gasteiger partial charge in [0.1, 0.15) is 0 Å². The quantitative estimate of drug-likeness (QED) is 0.562. The lowest BCUT2D eigenvalue weighted by Gasteiger charge is -2.19. The molecule has 3 heteroatoms. The van der Waals surface area contributed by atoms with Crippen molar-refractivity contribution in [1.82, 2.24) is 5.32 Å². The Kier molecular flexibility index (Phi) is 3.58. The molecular formula is C12H17NO2. The number of hydrogen-bond donors (Lipinski definition) is 1. The van der Waals surface area contributed by atoms with Gasteiger partial charge in [0.15, 0.2) is 0 Å². The van der Waals surface area contributed by atoms with E-state index in [0.29, 0.717) is 11.1 Å². The highest BCUT2D eigenvalue weighted by atomic mass is 16.2. The van der Waals surface area contributed by atoms with Crippen LogP contribution in [0.25, 0.3) is 0 Å². The number of nitrogens with one attached hydrogen (secondary N) is 1. The van der Waals surface area contributed by atoms with Crippen molar-refractivity contribution in [2.75, 3.05) is 13.6 Å². The van der Waals surface area contributed by atoms with Gasteiger partial charge in [-0.3, -0.25) is 9.59 Å². The zero-order chi connectivity index (χ0) is 11.6. The second-order valence-electron chi connectivity index (χ2n) is 3.87. The van der Waals surface area contributed by atoms with Gasteiger partial charge in [-0.1, -0.05) is 0 Å². The highest BCUT2D eigenvalue weighted by Crippen LogP contribution is 2.27. The number of carbonyl (C=O) groups excluding carboxylic acids is 2. The van der Waals surface area contributed by atoms with Gasteiger partial charge >= 0.3 is 0 Å². The summed E-state index contributed by atoms with van der Waals surface area (Å²) in [6, 6.07) is 0. The molecule has 0 aromatic heterocycles. The van der Waals surface area contributed by atoms with Crippen molar-refractivity contribution in [1.29, 1.82) is 0 Å². The molecule has 1 aliphatic carbocycles. The van der Waals surface area contributed by atoms with E-state index < -0.39 is 0 Å². The Morgan fingerprint density at radius 1 is 0.933 bits per heavy atom. The fourth-order valence-electron chi connectivity index (χ4n) is 1.78. The van der Waals surface area contributed by atoms with E-state index >= 15 is 0 Å². The molecule has 0 bridgehead atoms. The average molecular weight is 207 g/mol. The van der Waals surface area contributed by atoms with Crippen molar-refractivity contribution in [2.24, 2.45) is 0 Å². The molecule has 0 amide bonds. The van der Waals surface area contributed by atoms with Gasteiger partial charge in [0.2, 0.25) is 11.6 Å². The van der Waals surface area contributed by atoms with Crippen molar-refractivity contribution < 1.29 is 9.59 Å². The topological polar surface area (TPSA) is 46.2 Å². The molecule has 0 unspecified atom stereocenters. The standard InChI is InChI=1S/C12H17NO2/c1-7-8(2)11(14)12(15)9(3)10(7)5-6-13-4/h13H,5-6H2,1-4H3. The van der Waals surface area contributed by atoms with Gasteiger partial charge in [-0.05, 0) is 51.9 Å². The Morgan fingerprint density at radius 3 is 2.00 bits per heavy atom. The molecule has 15 heavy (non-hydrogen) atoms. The van der Waals surface area contributed by atoms with E-state index in [1.54, 1.807) is 13.8 Å². The lowest BCUT2D eigenvalue weighted by molar-refractivity contribution is -0.132. The first-order valence-corrected chi connectivity index (χ1v) is 5.12. The van der Waals surface area contributed by atoms with E-state index in [-0.39, 0.29) is 11.6 Å². The van der Waals surface area contributed by atoms with Crippen molar-refractivity contribution >= 4 is 11.6 Å². The Morgan fingerprint density at radius 2 is 1.47 bits per heavy atom. The van der Waals surface area contributed by atoms with Crippen molar-refractivity contribution in [3.05, 3.63) is 22.3 Å². The summed E-state index contributed by atoms with van der Waals surface area (Å²) < 4.78 is 0. The minimum Gasteiger partial charge on any atom is -0.319 e. The molecule has 0 radical (unpaired) electrons. The highest BCUT2D eigenvalue weighted by Gasteiger charge is 2.27. The Balaban J connectivity index is 3.11. The maximum atomic E-state index is 11.6. The molecule has 3 nitrogen and oxygen atoms in total. The van der Waals surface area contributed by atoms with E-state index in [9.17, 15) is 9.59 Å². The molecule has 0 aromatic carbocycles. The third kappa shape index (κ3) is 2.07. The van der Waals surface area contributed by atoms with Crippen LogP contribution in [0.3, 0.4) is 0 Å². The van der Waals surface area contributed by atoms with Crippen LogP contribution in [0.5, 0.6) is 0 Å². The summed E-state index contributed by atoms with van der Waals surface area (Å²) >= 11 is 0. The molecule has 82 valence electrons. The van der Waals surface area contributed by atoms with Gasteiger partial charge in [-0.25, -0.2) is 0 Å². The van der Waals surface area contributed by atoms with Gasteiger partial charge in [-0.2, -0.15) is 0 Å². The second-order valence-corrected chi connectivity index (χ2v) is 3.87. The normalized spacial score (nSPS) is 17.9. The lowest BCUT2D eigenvalue weighted by atomic mass is 9.84. The largest absolute Gasteiger partial charge is 0.319 e. The third-order valence-corrected chi connectivity index (χ3v) is 2.98. The zero-order valence-corrected chi connectivity index (χ0v) is 9.73. The first kappa shape index (κ1) is 11.9. The van der Waals surface area contributed by atoms with Gasteiger partial charge in [-0.15, -0.1) is 0 Å². The minimum atomic E-state index is -0.349. The van der Waals surface area contributed by atoms with Crippen molar-refractivity contribution in [3.8, 4) is 0 Å². The van der Waals surface area contributed by atoms with Crippen LogP contribution in [0.1, 0.15) is 27.2 Å². The maximum absolute atomic E-state index is 11.6. The average Bonchev–Trinajstić information content (AvgIpc) is 2.24. The number of ketones is 2. The summed E-state index contributed by atoms with van der Waals surface area (Å²) in [6.07, 6.45) is 0.796. The number of Topliss-reactive ketones (excluding diaryl/α,β-unsaturated/α-hetero) is 2. The molecule has 0 atom stereocenters. The maximum Gasteiger partial charge on any atom is 0.229 e. The van der Waals surface area contributed by atoms with Crippen LogP contribution in [0, 0.1) is 0 Å². The summed E-state index contributed by atoms with van der Waals surface area (Å²) in [5, 5.41) is 3.04. The Bertz CT molecular complexity index is 375. The van der Waals surface area contributed by atoms with Gasteiger partial charge in [0.25, 0.3) is 0 Å². The second kappa shape index (κ2) is 4.53. The smallest absolute Gasteiger partial charge is 0.229 e. The summed E-state index contributed by atoms with van der Waals surface area (Å²) in [5.41, 5.74) is 3.19. The molecule has 1 aliphatic rings. The highest BCUT2D eigenvalue weighted by molar-refractivity contribution is 6.50. The molecule has 0 heterocycles. The fourth-order valence-corrected chi connectivity index (χ4v) is 1.78.